The van der Waals surface area contributed by atoms with Crippen LogP contribution in [0.3, 0.4) is 0 Å². The molecule has 0 radical (unpaired) electrons. The van der Waals surface area contributed by atoms with E-state index in [4.69, 9.17) is 23.2 Å². The summed E-state index contributed by atoms with van der Waals surface area (Å²) in [6, 6.07) is 16.2. The van der Waals surface area contributed by atoms with Crippen LogP contribution in [0.5, 0.6) is 0 Å². The number of rotatable bonds is 6. The van der Waals surface area contributed by atoms with Gasteiger partial charge in [-0.15, -0.1) is 0 Å². The second kappa shape index (κ2) is 9.35. The van der Waals surface area contributed by atoms with Gasteiger partial charge >= 0.3 is 0 Å². The molecule has 0 fully saturated rings. The lowest BCUT2D eigenvalue weighted by molar-refractivity contribution is -0.394. The molecule has 0 unspecified atom stereocenters. The van der Waals surface area contributed by atoms with E-state index in [2.05, 4.69) is 0 Å². The van der Waals surface area contributed by atoms with E-state index < -0.39 is 9.85 Å². The molecule has 0 spiro atoms. The average Bonchev–Trinajstić information content (AvgIpc) is 2.72. The molecule has 0 amide bonds. The SMILES string of the molecule is O=[N+]([O-])c1cc([N+](=O)[O-])c(C=Cc2ccc(Cl)cc2)cc1C=Cc1ccc(Cl)cc1. The van der Waals surface area contributed by atoms with Crippen molar-refractivity contribution in [2.24, 2.45) is 0 Å². The zero-order chi connectivity index (χ0) is 21.7. The molecule has 0 aliphatic heterocycles. The fraction of sp³-hybridized carbons (Fsp3) is 0. The molecule has 3 aromatic carbocycles. The lowest BCUT2D eigenvalue weighted by Gasteiger charge is -2.03. The van der Waals surface area contributed by atoms with Crippen LogP contribution in [0, 0.1) is 20.2 Å². The summed E-state index contributed by atoms with van der Waals surface area (Å²) in [6.45, 7) is 0. The number of halogens is 2. The number of hydrogen-bond donors (Lipinski definition) is 0. The van der Waals surface area contributed by atoms with Crippen LogP contribution >= 0.6 is 23.2 Å². The smallest absolute Gasteiger partial charge is 0.258 e. The molecule has 0 bridgehead atoms. The third-order valence-corrected chi connectivity index (χ3v) is 4.72. The highest BCUT2D eigenvalue weighted by atomic mass is 35.5. The number of nitro benzene ring substituents is 2. The van der Waals surface area contributed by atoms with Gasteiger partial charge in [-0.3, -0.25) is 20.2 Å². The van der Waals surface area contributed by atoms with E-state index in [1.54, 1.807) is 72.8 Å². The summed E-state index contributed by atoms with van der Waals surface area (Å²) in [5, 5.41) is 24.1. The molecule has 3 aromatic rings. The van der Waals surface area contributed by atoms with Gasteiger partial charge in [0.1, 0.15) is 0 Å². The molecule has 0 saturated carbocycles. The van der Waals surface area contributed by atoms with Crippen LogP contribution in [0.15, 0.2) is 60.7 Å². The van der Waals surface area contributed by atoms with Gasteiger partial charge in [-0.2, -0.15) is 0 Å². The molecule has 0 saturated heterocycles. The Hall–Kier alpha value is -3.48. The fourth-order valence-corrected chi connectivity index (χ4v) is 2.97. The van der Waals surface area contributed by atoms with Crippen molar-refractivity contribution in [3.8, 4) is 0 Å². The Kier molecular flexibility index (Phi) is 6.61. The van der Waals surface area contributed by atoms with Crippen molar-refractivity contribution < 1.29 is 9.85 Å². The van der Waals surface area contributed by atoms with Crippen LogP contribution in [0.4, 0.5) is 11.4 Å². The Bertz CT molecular complexity index is 1070. The summed E-state index contributed by atoms with van der Waals surface area (Å²) in [7, 11) is 0. The Labute approximate surface area is 182 Å². The molecule has 6 nitrogen and oxygen atoms in total. The van der Waals surface area contributed by atoms with Gasteiger partial charge in [0, 0.05) is 10.0 Å². The Morgan fingerprint density at radius 2 is 0.967 bits per heavy atom. The summed E-state index contributed by atoms with van der Waals surface area (Å²) in [6.07, 6.45) is 6.45. The number of benzene rings is 3. The molecule has 0 atom stereocenters. The van der Waals surface area contributed by atoms with Crippen molar-refractivity contribution in [2.45, 2.75) is 0 Å². The summed E-state index contributed by atoms with van der Waals surface area (Å²) < 4.78 is 0. The first-order chi connectivity index (χ1) is 14.3. The Morgan fingerprint density at radius 1 is 0.600 bits per heavy atom. The highest BCUT2D eigenvalue weighted by Crippen LogP contribution is 2.32. The predicted octanol–water partition coefficient (Wildman–Crippen LogP) is 7.15. The molecule has 8 heteroatoms. The normalized spacial score (nSPS) is 11.3. The van der Waals surface area contributed by atoms with Crippen LogP contribution in [0.1, 0.15) is 22.3 Å². The first kappa shape index (κ1) is 21.2. The third-order valence-electron chi connectivity index (χ3n) is 4.22. The van der Waals surface area contributed by atoms with Gasteiger partial charge in [0.25, 0.3) is 11.4 Å². The zero-order valence-electron chi connectivity index (χ0n) is 15.4. The molecule has 3 rings (SSSR count). The van der Waals surface area contributed by atoms with E-state index in [1.807, 2.05) is 0 Å². The molecule has 0 N–H and O–H groups in total. The minimum absolute atomic E-state index is 0.247. The van der Waals surface area contributed by atoms with Crippen LogP contribution in [0.2, 0.25) is 10.0 Å². The van der Waals surface area contributed by atoms with Gasteiger partial charge in [-0.25, -0.2) is 0 Å². The standard InChI is InChI=1S/C22H14Cl2N2O4/c23-19-9-3-15(4-10-19)1-7-17-13-18(8-2-16-5-11-20(24)12-6-16)22(26(29)30)14-21(17)25(27)28/h1-14H. The first-order valence-electron chi connectivity index (χ1n) is 8.67. The summed E-state index contributed by atoms with van der Waals surface area (Å²) in [5.74, 6) is 0. The summed E-state index contributed by atoms with van der Waals surface area (Å²) in [4.78, 5) is 21.7. The van der Waals surface area contributed by atoms with Gasteiger partial charge < -0.3 is 0 Å². The van der Waals surface area contributed by atoms with Crippen molar-refractivity contribution in [2.75, 3.05) is 0 Å². The predicted molar refractivity (Wildman–Crippen MR) is 121 cm³/mol. The maximum atomic E-state index is 11.5. The first-order valence-corrected chi connectivity index (χ1v) is 9.43. The molecule has 0 aromatic heterocycles. The fourth-order valence-electron chi connectivity index (χ4n) is 2.71. The molecule has 30 heavy (non-hydrogen) atoms. The lowest BCUT2D eigenvalue weighted by Crippen LogP contribution is -1.98. The van der Waals surface area contributed by atoms with E-state index in [0.29, 0.717) is 10.0 Å². The quantitative estimate of drug-likeness (QED) is 0.231. The zero-order valence-corrected chi connectivity index (χ0v) is 16.9. The van der Waals surface area contributed by atoms with Crippen molar-refractivity contribution in [1.29, 1.82) is 0 Å². The van der Waals surface area contributed by atoms with Gasteiger partial charge in [0.15, 0.2) is 0 Å². The van der Waals surface area contributed by atoms with Gasteiger partial charge in [0.2, 0.25) is 0 Å². The second-order valence-electron chi connectivity index (χ2n) is 6.25. The summed E-state index contributed by atoms with van der Waals surface area (Å²) in [5.41, 5.74) is 1.36. The van der Waals surface area contributed by atoms with Gasteiger partial charge in [-0.05, 0) is 53.6 Å². The van der Waals surface area contributed by atoms with Gasteiger partial charge in [-0.1, -0.05) is 59.6 Å². The molecular formula is C22H14Cl2N2O4. The second-order valence-corrected chi connectivity index (χ2v) is 7.13. The Balaban J connectivity index is 2.05. The maximum Gasteiger partial charge on any atom is 0.283 e. The van der Waals surface area contributed by atoms with Crippen molar-refractivity contribution in [1.82, 2.24) is 0 Å². The minimum Gasteiger partial charge on any atom is -0.258 e. The van der Waals surface area contributed by atoms with Gasteiger partial charge in [0.05, 0.1) is 27.0 Å². The van der Waals surface area contributed by atoms with E-state index >= 15 is 0 Å². The molecule has 150 valence electrons. The topological polar surface area (TPSA) is 86.3 Å². The minimum atomic E-state index is -0.638. The van der Waals surface area contributed by atoms with Crippen LogP contribution < -0.4 is 0 Å². The molecule has 0 aliphatic rings. The van der Waals surface area contributed by atoms with E-state index in [9.17, 15) is 20.2 Å². The van der Waals surface area contributed by atoms with Crippen molar-refractivity contribution in [3.63, 3.8) is 0 Å². The Morgan fingerprint density at radius 3 is 1.30 bits per heavy atom. The van der Waals surface area contributed by atoms with E-state index in [0.717, 1.165) is 17.2 Å². The van der Waals surface area contributed by atoms with Crippen LogP contribution in [-0.2, 0) is 0 Å². The largest absolute Gasteiger partial charge is 0.283 e. The van der Waals surface area contributed by atoms with Crippen LogP contribution in [-0.4, -0.2) is 9.85 Å². The van der Waals surface area contributed by atoms with E-state index in [1.165, 1.54) is 6.07 Å². The monoisotopic (exact) mass is 440 g/mol. The number of nitrogens with zero attached hydrogens (tertiary/aromatic N) is 2. The van der Waals surface area contributed by atoms with Crippen LogP contribution in [0.25, 0.3) is 24.3 Å². The highest BCUT2D eigenvalue weighted by molar-refractivity contribution is 6.30. The van der Waals surface area contributed by atoms with Crippen molar-refractivity contribution in [3.05, 3.63) is 113 Å². The lowest BCUT2D eigenvalue weighted by atomic mass is 10.0. The molecule has 0 aliphatic carbocycles. The van der Waals surface area contributed by atoms with E-state index in [-0.39, 0.29) is 22.5 Å². The number of nitro groups is 2. The molecular weight excluding hydrogens is 427 g/mol. The number of hydrogen-bond acceptors (Lipinski definition) is 4. The average molecular weight is 441 g/mol. The van der Waals surface area contributed by atoms with Crippen molar-refractivity contribution >= 4 is 58.9 Å². The third kappa shape index (κ3) is 5.31. The summed E-state index contributed by atoms with van der Waals surface area (Å²) >= 11 is 11.7. The highest BCUT2D eigenvalue weighted by Gasteiger charge is 2.22. The molecule has 0 heterocycles. The maximum absolute atomic E-state index is 11.5.